The number of aliphatic hydroxyl groups is 1. The number of pyridine rings is 2. The van der Waals surface area contributed by atoms with E-state index in [0.29, 0.717) is 84.5 Å². The summed E-state index contributed by atoms with van der Waals surface area (Å²) in [7, 11) is 4.17. The van der Waals surface area contributed by atoms with Gasteiger partial charge in [-0.2, -0.15) is 0 Å². The molecule has 1 saturated heterocycles. The number of unbranched alkanes of at least 4 members (excludes halogenated alkanes) is 1. The minimum atomic E-state index is -1.59. The summed E-state index contributed by atoms with van der Waals surface area (Å²) in [6.45, 7) is 3.35. The fraction of sp³-hybridized carbons (Fsp3) is 0.468. The summed E-state index contributed by atoms with van der Waals surface area (Å²) in [5.41, 5.74) is 4.76. The van der Waals surface area contributed by atoms with E-state index in [0.717, 1.165) is 17.2 Å². The molecule has 9 N–H and O–H groups in total. The molecular weight excluding hydrogens is 1500 g/mol. The van der Waals surface area contributed by atoms with Crippen LogP contribution in [0.5, 0.6) is 11.5 Å². The first kappa shape index (κ1) is 85.1. The second kappa shape index (κ2) is 40.4. The lowest BCUT2D eigenvalue weighted by Gasteiger charge is -2.23. The molecular formula is C77H93N15O23. The highest BCUT2D eigenvalue weighted by molar-refractivity contribution is 6.24. The van der Waals surface area contributed by atoms with Crippen LogP contribution in [0.15, 0.2) is 71.4 Å². The molecule has 115 heavy (non-hydrogen) atoms. The van der Waals surface area contributed by atoms with E-state index in [4.69, 9.17) is 38.1 Å². The molecule has 1 aliphatic carbocycles. The van der Waals surface area contributed by atoms with Gasteiger partial charge in [-0.05, 0) is 93.0 Å². The van der Waals surface area contributed by atoms with Crippen molar-refractivity contribution in [2.24, 2.45) is 0 Å². The molecule has 3 aliphatic heterocycles. The van der Waals surface area contributed by atoms with Crippen molar-refractivity contribution in [3.05, 3.63) is 133 Å². The van der Waals surface area contributed by atoms with E-state index in [1.54, 1.807) is 58.8 Å². The zero-order chi connectivity index (χ0) is 82.4. The highest BCUT2D eigenvalue weighted by atomic mass is 16.6. The van der Waals surface area contributed by atoms with E-state index >= 15 is 0 Å². The molecule has 614 valence electrons. The number of carbonyl (C=O) groups is 13. The summed E-state index contributed by atoms with van der Waals surface area (Å²) in [4.78, 5) is 190. The van der Waals surface area contributed by atoms with Crippen LogP contribution in [0.3, 0.4) is 0 Å². The Hall–Kier alpha value is -12.3. The third-order valence-corrected chi connectivity index (χ3v) is 19.6. The Morgan fingerprint density at radius 3 is 2.16 bits per heavy atom. The van der Waals surface area contributed by atoms with Crippen molar-refractivity contribution in [3.63, 3.8) is 0 Å². The van der Waals surface area contributed by atoms with Crippen molar-refractivity contribution < 1.29 is 106 Å². The number of ether oxygens (including phenoxy) is 7. The third kappa shape index (κ3) is 22.6. The number of nitrogens with one attached hydrogen (secondary N) is 7. The average molecular weight is 1600 g/mol. The molecule has 2 aromatic carbocycles. The molecule has 4 aliphatic rings. The number of ketones is 3. The summed E-state index contributed by atoms with van der Waals surface area (Å²) in [6, 6.07) is 10.2. The van der Waals surface area contributed by atoms with Crippen molar-refractivity contribution in [2.45, 2.75) is 129 Å². The molecule has 38 nitrogen and oxygen atoms in total. The van der Waals surface area contributed by atoms with Crippen molar-refractivity contribution in [3.8, 4) is 22.9 Å². The van der Waals surface area contributed by atoms with E-state index in [1.165, 1.54) is 47.7 Å². The number of phenolic OH excluding ortho intramolecular Hbond substituents is 1. The Kier molecular flexibility index (Phi) is 29.9. The standard InChI is InChI=1S/C77H93N15O23/c1-6-50-51-33-49(19-20-56(51)84-68-53(50)40-92-59(68)34-52-55(74(92)105)43-113-75(106)70(52)101)115-77(108)89(4)24-23-88(3)76(107)114-42-54-44(2)91(69-60(95)35-61(109-5)71(102)67(54)69)41-66(100)79-22-26-110-28-30-112-31-29-111-27-25-90-39-46(86-87-90)15-18-47(93)10-9-12-62(96)78-21-8-7-11-57-72(103)82-37-64(98)80-36-63(97)81-38-65(99)83-58(73(104)85-57)32-45-13-16-48(94)17-14-45/h13-14,16-17,19-20,33-35,39,57-58,70,94,101H,6-12,15,18,21-32,36-38,40-43H2,1-5H3,(H,78,96)(H,79,100)(H,80,98)(H,81,97)(H,82,103)(H,83,99)(H,85,104)/t57-,58+,70-/m0/s1. The lowest BCUT2D eigenvalue weighted by atomic mass is 9.96. The molecule has 0 unspecified atom stereocenters. The molecule has 0 saturated carbocycles. The first-order valence-electron chi connectivity index (χ1n) is 37.6. The molecule has 4 aromatic heterocycles. The third-order valence-electron chi connectivity index (χ3n) is 19.6. The number of esters is 1. The van der Waals surface area contributed by atoms with Gasteiger partial charge in [-0.15, -0.1) is 5.10 Å². The maximum Gasteiger partial charge on any atom is 0.415 e. The lowest BCUT2D eigenvalue weighted by molar-refractivity contribution is -0.157. The zero-order valence-electron chi connectivity index (χ0n) is 64.3. The molecule has 6 aromatic rings. The first-order valence-corrected chi connectivity index (χ1v) is 37.6. The van der Waals surface area contributed by atoms with Gasteiger partial charge >= 0.3 is 18.2 Å². The molecule has 38 heteroatoms. The van der Waals surface area contributed by atoms with E-state index in [9.17, 15) is 77.3 Å². The number of cyclic esters (lactones) is 1. The molecule has 1 fully saturated rings. The van der Waals surface area contributed by atoms with Crippen LogP contribution in [0, 0.1) is 6.92 Å². The van der Waals surface area contributed by atoms with Gasteiger partial charge in [-0.1, -0.05) is 24.3 Å². The summed E-state index contributed by atoms with van der Waals surface area (Å²) >= 11 is 0. The number of carbonyl (C=O) groups excluding carboxylic acids is 13. The fourth-order valence-electron chi connectivity index (χ4n) is 13.2. The first-order chi connectivity index (χ1) is 55.3. The Bertz CT molecular complexity index is 4780. The number of aromatic hydroxyl groups is 1. The Balaban J connectivity index is 0.567. The van der Waals surface area contributed by atoms with Crippen molar-refractivity contribution in [1.82, 2.24) is 76.1 Å². The minimum absolute atomic E-state index is 0.00129. The van der Waals surface area contributed by atoms with Crippen molar-refractivity contribution in [2.75, 3.05) is 107 Å². The van der Waals surface area contributed by atoms with Crippen molar-refractivity contribution >= 4 is 87.8 Å². The molecule has 7 heterocycles. The number of Topliss-reactive ketones (excluding diaryl/α,β-unsaturated/α-hetero) is 2. The summed E-state index contributed by atoms with van der Waals surface area (Å²) in [6.07, 6.45) is 2.14. The number of benzene rings is 2. The fourth-order valence-corrected chi connectivity index (χ4v) is 13.2. The molecule has 9 amide bonds. The van der Waals surface area contributed by atoms with Crippen LogP contribution in [-0.4, -0.2) is 245 Å². The number of aromatic nitrogens is 6. The number of rotatable bonds is 36. The average Bonchev–Trinajstić information content (AvgIpc) is 1.59. The molecule has 0 bridgehead atoms. The van der Waals surface area contributed by atoms with Gasteiger partial charge in [0.2, 0.25) is 52.9 Å². The van der Waals surface area contributed by atoms with Gasteiger partial charge < -0.3 is 99.5 Å². The van der Waals surface area contributed by atoms with Crippen LogP contribution in [0.1, 0.15) is 124 Å². The summed E-state index contributed by atoms with van der Waals surface area (Å²) in [5.74, 6) is -6.34. The van der Waals surface area contributed by atoms with Crippen LogP contribution in [0.4, 0.5) is 9.59 Å². The maximum atomic E-state index is 13.7. The number of amides is 9. The maximum absolute atomic E-state index is 13.7. The number of hydrogen-bond donors (Lipinski definition) is 9. The predicted molar refractivity (Wildman–Crippen MR) is 403 cm³/mol. The van der Waals surface area contributed by atoms with Crippen LogP contribution in [0.25, 0.3) is 22.3 Å². The van der Waals surface area contributed by atoms with E-state index < -0.39 is 110 Å². The largest absolute Gasteiger partial charge is 0.508 e. The molecule has 10 rings (SSSR count). The minimum Gasteiger partial charge on any atom is -0.508 e. The van der Waals surface area contributed by atoms with Gasteiger partial charge in [0.15, 0.2) is 11.9 Å². The van der Waals surface area contributed by atoms with Crippen LogP contribution in [0.2, 0.25) is 0 Å². The monoisotopic (exact) mass is 1600 g/mol. The number of methoxy groups -OCH3 is 1. The summed E-state index contributed by atoms with van der Waals surface area (Å²) in [5, 5.41) is 47.2. The highest BCUT2D eigenvalue weighted by Gasteiger charge is 2.38. The van der Waals surface area contributed by atoms with Crippen LogP contribution in [-0.2, 0) is 124 Å². The second-order valence-corrected chi connectivity index (χ2v) is 27.6. The Morgan fingerprint density at radius 1 is 0.730 bits per heavy atom. The number of phenols is 1. The van der Waals surface area contributed by atoms with Gasteiger partial charge in [0.05, 0.1) is 113 Å². The van der Waals surface area contributed by atoms with Gasteiger partial charge in [0.25, 0.3) is 5.56 Å². The Morgan fingerprint density at radius 2 is 1.43 bits per heavy atom. The number of allylic oxidation sites excluding steroid dienone is 2. The normalized spacial score (nSPS) is 16.2. The number of nitrogens with zero attached hydrogens (tertiary/aromatic N) is 8. The zero-order valence-corrected chi connectivity index (χ0v) is 64.3. The molecule has 0 radical (unpaired) electrons. The number of hydrogen-bond acceptors (Lipinski definition) is 26. The van der Waals surface area contributed by atoms with E-state index in [2.05, 4.69) is 47.5 Å². The smallest absolute Gasteiger partial charge is 0.415 e. The number of likely N-dealkylation sites (N-methyl/N-ethyl adjacent to an activating group) is 2. The molecule has 0 spiro atoms. The number of fused-ring (bicyclic) bond motifs is 6. The predicted octanol–water partition coefficient (Wildman–Crippen LogP) is 0.493. The SMILES string of the molecule is CCc1c2c(nc3ccc(OC(=O)N(C)CCN(C)C(=O)OCc4c5c(n(CC(=O)NCCOCCOCCOCCn6cc(CCC(=O)CCCC(=O)NCCCC[C@@H]7NC(=O)[C@@H](Cc8ccc(O)cc8)NC(=O)CNC(=O)CNC(=O)CNC7=O)nn6)c4C)C(=O)C=C(OC)C5=O)cc13)-c1cc3c(c(=O)n1C2)COC(=O)[C@H]3O. The summed E-state index contributed by atoms with van der Waals surface area (Å²) < 4.78 is 43.1. The van der Waals surface area contributed by atoms with Gasteiger partial charge in [0.1, 0.15) is 54.8 Å². The lowest BCUT2D eigenvalue weighted by Crippen LogP contribution is -2.55. The highest BCUT2D eigenvalue weighted by Crippen LogP contribution is 2.39. The van der Waals surface area contributed by atoms with Gasteiger partial charge in [0, 0.05) is 106 Å². The molecule has 3 atom stereocenters. The van der Waals surface area contributed by atoms with Gasteiger partial charge in [-0.25, -0.2) is 24.0 Å². The second-order valence-electron chi connectivity index (χ2n) is 27.6. The van der Waals surface area contributed by atoms with Crippen LogP contribution < -0.4 is 47.5 Å². The Labute approximate surface area is 658 Å². The van der Waals surface area contributed by atoms with Crippen molar-refractivity contribution in [1.29, 1.82) is 0 Å². The van der Waals surface area contributed by atoms with Crippen LogP contribution >= 0.6 is 0 Å². The van der Waals surface area contributed by atoms with Gasteiger partial charge in [-0.3, -0.25) is 52.7 Å². The quantitative estimate of drug-likeness (QED) is 0.0191. The topological polar surface area (TPSA) is 488 Å². The van der Waals surface area contributed by atoms with E-state index in [1.807, 2.05) is 6.92 Å². The van der Waals surface area contributed by atoms with E-state index in [-0.39, 0.29) is 173 Å². The number of aliphatic hydroxyl groups excluding tert-OH is 1. The number of aryl methyl sites for hydroxylation is 2.